The Kier molecular flexibility index (Phi) is 10.5. The van der Waals surface area contributed by atoms with Gasteiger partial charge in [0.25, 0.3) is 17.7 Å². The fourth-order valence-corrected chi connectivity index (χ4v) is 5.82. The smallest absolute Gasteiger partial charge is 0.336 e. The molecular formula is C36H35N3O7. The zero-order chi connectivity index (χ0) is 32.5. The summed E-state index contributed by atoms with van der Waals surface area (Å²) < 4.78 is 5.77. The number of allylic oxidation sites excluding steroid dienone is 1. The number of hydrogen-bond donors (Lipinski definition) is 2. The number of benzene rings is 3. The maximum absolute atomic E-state index is 13.9. The zero-order valence-electron chi connectivity index (χ0n) is 25.2. The number of carboxylic acid groups (broad SMARTS) is 1. The molecule has 3 aromatic rings. The van der Waals surface area contributed by atoms with Crippen LogP contribution >= 0.6 is 0 Å². The number of aliphatic imine (C=N–C) groups is 1. The normalized spacial score (nSPS) is 18.7. The lowest BCUT2D eigenvalue weighted by Gasteiger charge is -2.25. The third-order valence-corrected chi connectivity index (χ3v) is 8.21. The van der Waals surface area contributed by atoms with Gasteiger partial charge < -0.3 is 24.9 Å². The summed E-state index contributed by atoms with van der Waals surface area (Å²) in [5, 5.41) is 12.2. The number of ether oxygens (including phenoxy) is 1. The van der Waals surface area contributed by atoms with E-state index in [9.17, 15) is 29.1 Å². The molecule has 0 bridgehead atoms. The summed E-state index contributed by atoms with van der Waals surface area (Å²) in [6.07, 6.45) is 8.94. The standard InChI is InChI=1S/C36H35N3O7/c40-23-27-19-25(21-37-33(41)26-15-17-29(18-16-26)46-28-11-5-2-6-12-28)22-39(27)35(43)32(20-24-9-3-1-4-10-24)38-34(42)30-13-7-8-14-31(30)36(44)45/h2,5-8,11-18,20-21,23-25,27H,1,3-4,9-10,19,22H2,(H,38,42)(H,44,45)/b32-20+,37-21?/t25-,27?/m0/s1. The van der Waals surface area contributed by atoms with Gasteiger partial charge in [0.1, 0.15) is 23.5 Å². The van der Waals surface area contributed by atoms with Crippen LogP contribution in [0.1, 0.15) is 69.6 Å². The molecular weight excluding hydrogens is 586 g/mol. The van der Waals surface area contributed by atoms with E-state index in [0.29, 0.717) is 23.3 Å². The lowest BCUT2D eigenvalue weighted by Crippen LogP contribution is -2.42. The monoisotopic (exact) mass is 621 g/mol. The Morgan fingerprint density at radius 2 is 1.48 bits per heavy atom. The zero-order valence-corrected chi connectivity index (χ0v) is 25.2. The van der Waals surface area contributed by atoms with E-state index in [-0.39, 0.29) is 41.6 Å². The Balaban J connectivity index is 1.28. The van der Waals surface area contributed by atoms with Crippen LogP contribution in [0.4, 0.5) is 0 Å². The number of carbonyl (C=O) groups is 5. The minimum atomic E-state index is -1.26. The number of hydrogen-bond acceptors (Lipinski definition) is 6. The van der Waals surface area contributed by atoms with Crippen molar-refractivity contribution in [3.8, 4) is 11.5 Å². The second kappa shape index (κ2) is 15.1. The lowest BCUT2D eigenvalue weighted by atomic mass is 9.88. The van der Waals surface area contributed by atoms with Gasteiger partial charge in [0.05, 0.1) is 17.2 Å². The van der Waals surface area contributed by atoms with Crippen molar-refractivity contribution in [2.24, 2.45) is 16.8 Å². The molecule has 1 aliphatic carbocycles. The summed E-state index contributed by atoms with van der Waals surface area (Å²) in [7, 11) is 0. The molecule has 3 amide bonds. The highest BCUT2D eigenvalue weighted by Gasteiger charge is 2.36. The predicted octanol–water partition coefficient (Wildman–Crippen LogP) is 5.70. The van der Waals surface area contributed by atoms with Gasteiger partial charge in [-0.3, -0.25) is 14.4 Å². The Morgan fingerprint density at radius 3 is 2.15 bits per heavy atom. The summed E-state index contributed by atoms with van der Waals surface area (Å²) in [5.41, 5.74) is 0.108. The molecule has 2 atom stereocenters. The van der Waals surface area contributed by atoms with Crippen LogP contribution in [-0.4, -0.2) is 58.8 Å². The van der Waals surface area contributed by atoms with Gasteiger partial charge in [-0.2, -0.15) is 0 Å². The molecule has 2 fully saturated rings. The van der Waals surface area contributed by atoms with Gasteiger partial charge in [0.2, 0.25) is 0 Å². The number of rotatable bonds is 10. The number of nitrogens with one attached hydrogen (secondary N) is 1. The van der Waals surface area contributed by atoms with Gasteiger partial charge in [-0.05, 0) is 73.7 Å². The van der Waals surface area contributed by atoms with Gasteiger partial charge in [-0.1, -0.05) is 55.7 Å². The van der Waals surface area contributed by atoms with Crippen molar-refractivity contribution in [1.29, 1.82) is 0 Å². The van der Waals surface area contributed by atoms with Crippen molar-refractivity contribution in [2.75, 3.05) is 6.54 Å². The molecule has 2 aliphatic rings. The summed E-state index contributed by atoms with van der Waals surface area (Å²) >= 11 is 0. The van der Waals surface area contributed by atoms with E-state index >= 15 is 0 Å². The summed E-state index contributed by atoms with van der Waals surface area (Å²) in [4.78, 5) is 69.2. The molecule has 0 spiro atoms. The molecule has 3 aromatic carbocycles. The molecule has 10 heteroatoms. The summed E-state index contributed by atoms with van der Waals surface area (Å²) in [6.45, 7) is 0.118. The van der Waals surface area contributed by atoms with Gasteiger partial charge in [-0.25, -0.2) is 9.79 Å². The minimum absolute atomic E-state index is 0.00965. The first-order valence-corrected chi connectivity index (χ1v) is 15.4. The molecule has 1 saturated heterocycles. The number of aldehydes is 1. The van der Waals surface area contributed by atoms with Crippen LogP contribution in [0.2, 0.25) is 0 Å². The number of aromatic carboxylic acids is 1. The quantitative estimate of drug-likeness (QED) is 0.168. The SMILES string of the molecule is O=CC1C[C@@H](C=NC(=O)c2ccc(Oc3ccccc3)cc2)CN1C(=O)/C(=C\C1CCCCC1)NC(=O)c1ccccc1C(=O)O. The van der Waals surface area contributed by atoms with E-state index in [1.165, 1.54) is 29.3 Å². The van der Waals surface area contributed by atoms with Crippen LogP contribution in [0.25, 0.3) is 0 Å². The molecule has 2 N–H and O–H groups in total. The van der Waals surface area contributed by atoms with Crippen LogP contribution in [-0.2, 0) is 9.59 Å². The predicted molar refractivity (Wildman–Crippen MR) is 171 cm³/mol. The average Bonchev–Trinajstić information content (AvgIpc) is 3.51. The molecule has 0 aromatic heterocycles. The van der Waals surface area contributed by atoms with Crippen molar-refractivity contribution in [3.05, 3.63) is 107 Å². The third-order valence-electron chi connectivity index (χ3n) is 8.21. The minimum Gasteiger partial charge on any atom is -0.478 e. The molecule has 236 valence electrons. The van der Waals surface area contributed by atoms with Gasteiger partial charge in [0, 0.05) is 24.2 Å². The molecule has 5 rings (SSSR count). The highest BCUT2D eigenvalue weighted by atomic mass is 16.5. The molecule has 10 nitrogen and oxygen atoms in total. The Labute approximate surface area is 266 Å². The molecule has 1 saturated carbocycles. The molecule has 1 unspecified atom stereocenters. The van der Waals surface area contributed by atoms with Crippen molar-refractivity contribution < 1.29 is 33.8 Å². The van der Waals surface area contributed by atoms with Crippen molar-refractivity contribution >= 4 is 36.2 Å². The van der Waals surface area contributed by atoms with E-state index in [1.807, 2.05) is 30.3 Å². The highest BCUT2D eigenvalue weighted by Crippen LogP contribution is 2.28. The topological polar surface area (TPSA) is 142 Å². The lowest BCUT2D eigenvalue weighted by molar-refractivity contribution is -0.131. The first-order chi connectivity index (χ1) is 22.3. The number of nitrogens with zero attached hydrogens (tertiary/aromatic N) is 2. The molecule has 1 heterocycles. The maximum atomic E-state index is 13.9. The van der Waals surface area contributed by atoms with Crippen LogP contribution in [0.15, 0.2) is 95.6 Å². The van der Waals surface area contributed by atoms with Gasteiger partial charge >= 0.3 is 5.97 Å². The average molecular weight is 622 g/mol. The first kappa shape index (κ1) is 32.0. The second-order valence-corrected chi connectivity index (χ2v) is 11.5. The number of para-hydroxylation sites is 1. The largest absolute Gasteiger partial charge is 0.478 e. The number of likely N-dealkylation sites (tertiary alicyclic amines) is 1. The highest BCUT2D eigenvalue weighted by molar-refractivity contribution is 6.08. The van der Waals surface area contributed by atoms with Crippen molar-refractivity contribution in [2.45, 2.75) is 44.6 Å². The molecule has 0 radical (unpaired) electrons. The van der Waals surface area contributed by atoms with E-state index in [4.69, 9.17) is 4.74 Å². The van der Waals surface area contributed by atoms with Crippen LogP contribution in [0.3, 0.4) is 0 Å². The number of carboxylic acids is 1. The summed E-state index contributed by atoms with van der Waals surface area (Å²) in [5.74, 6) is -2.07. The van der Waals surface area contributed by atoms with Gasteiger partial charge in [0.15, 0.2) is 0 Å². The first-order valence-electron chi connectivity index (χ1n) is 15.4. The third kappa shape index (κ3) is 8.01. The van der Waals surface area contributed by atoms with E-state index in [0.717, 1.165) is 32.1 Å². The van der Waals surface area contributed by atoms with Crippen LogP contribution < -0.4 is 10.1 Å². The fraction of sp³-hybridized carbons (Fsp3) is 0.278. The van der Waals surface area contributed by atoms with Gasteiger partial charge in [-0.15, -0.1) is 0 Å². The Hall–Kier alpha value is -5.38. The molecule has 1 aliphatic heterocycles. The van der Waals surface area contributed by atoms with Crippen LogP contribution in [0.5, 0.6) is 11.5 Å². The molecule has 46 heavy (non-hydrogen) atoms. The Morgan fingerprint density at radius 1 is 0.826 bits per heavy atom. The van der Waals surface area contributed by atoms with Crippen LogP contribution in [0, 0.1) is 11.8 Å². The fourth-order valence-electron chi connectivity index (χ4n) is 5.82. The second-order valence-electron chi connectivity index (χ2n) is 11.5. The maximum Gasteiger partial charge on any atom is 0.336 e. The van der Waals surface area contributed by atoms with E-state index in [2.05, 4.69) is 10.3 Å². The van der Waals surface area contributed by atoms with E-state index in [1.54, 1.807) is 36.4 Å². The number of amides is 3. The van der Waals surface area contributed by atoms with E-state index < -0.39 is 29.7 Å². The Bertz CT molecular complexity index is 1640. The van der Waals surface area contributed by atoms with Crippen molar-refractivity contribution in [3.63, 3.8) is 0 Å². The summed E-state index contributed by atoms with van der Waals surface area (Å²) in [6, 6.07) is 20.8. The number of carbonyl (C=O) groups excluding carboxylic acids is 4. The van der Waals surface area contributed by atoms with Crippen molar-refractivity contribution in [1.82, 2.24) is 10.2 Å².